The van der Waals surface area contributed by atoms with Crippen molar-refractivity contribution in [3.63, 3.8) is 0 Å². The Morgan fingerprint density at radius 3 is 2.94 bits per heavy atom. The van der Waals surface area contributed by atoms with Gasteiger partial charge in [0, 0.05) is 18.5 Å². The van der Waals surface area contributed by atoms with Gasteiger partial charge in [0.15, 0.2) is 5.76 Å². The number of rotatable bonds is 6. The van der Waals surface area contributed by atoms with E-state index >= 15 is 0 Å². The number of hydrogen-bond donors (Lipinski definition) is 3. The summed E-state index contributed by atoms with van der Waals surface area (Å²) in [6, 6.07) is 1.09. The van der Waals surface area contributed by atoms with E-state index in [0.29, 0.717) is 12.2 Å². The zero-order valence-corrected chi connectivity index (χ0v) is 9.47. The van der Waals surface area contributed by atoms with Crippen molar-refractivity contribution in [3.8, 4) is 0 Å². The molecule has 7 heteroatoms. The summed E-state index contributed by atoms with van der Waals surface area (Å²) in [5, 5.41) is 17.2. The number of hydrogen-bond acceptors (Lipinski definition) is 4. The Kier molecular flexibility index (Phi) is 4.99. The van der Waals surface area contributed by atoms with Crippen molar-refractivity contribution in [3.05, 3.63) is 18.0 Å². The predicted molar refractivity (Wildman–Crippen MR) is 58.2 cm³/mol. The Balaban J connectivity index is 2.18. The van der Waals surface area contributed by atoms with Crippen LogP contribution in [0.25, 0.3) is 0 Å². The molecule has 1 atom stereocenters. The fourth-order valence-electron chi connectivity index (χ4n) is 1.19. The topological polar surface area (TPSA) is 104 Å². The number of carboxylic acids is 1. The SMILES string of the molecule is CC(CCC(=O)O)NC(=O)NCc1ccno1. The van der Waals surface area contributed by atoms with E-state index in [0.717, 1.165) is 0 Å². The van der Waals surface area contributed by atoms with Crippen molar-refractivity contribution >= 4 is 12.0 Å². The summed E-state index contributed by atoms with van der Waals surface area (Å²) in [4.78, 5) is 21.7. The molecule has 94 valence electrons. The Bertz CT molecular complexity index is 364. The third kappa shape index (κ3) is 5.55. The molecule has 0 saturated carbocycles. The summed E-state index contributed by atoms with van der Waals surface area (Å²) in [6.07, 6.45) is 1.92. The lowest BCUT2D eigenvalue weighted by molar-refractivity contribution is -0.137. The zero-order valence-electron chi connectivity index (χ0n) is 9.47. The van der Waals surface area contributed by atoms with E-state index < -0.39 is 5.97 Å². The third-order valence-electron chi connectivity index (χ3n) is 2.08. The van der Waals surface area contributed by atoms with Gasteiger partial charge in [-0.05, 0) is 13.3 Å². The monoisotopic (exact) mass is 241 g/mol. The van der Waals surface area contributed by atoms with E-state index in [1.54, 1.807) is 13.0 Å². The van der Waals surface area contributed by atoms with Crippen molar-refractivity contribution in [2.75, 3.05) is 0 Å². The van der Waals surface area contributed by atoms with E-state index in [4.69, 9.17) is 9.63 Å². The molecule has 0 saturated heterocycles. The number of carbonyl (C=O) groups is 2. The summed E-state index contributed by atoms with van der Waals surface area (Å²) in [7, 11) is 0. The van der Waals surface area contributed by atoms with Crippen LogP contribution in [0.15, 0.2) is 16.8 Å². The van der Waals surface area contributed by atoms with E-state index in [-0.39, 0.29) is 25.0 Å². The van der Waals surface area contributed by atoms with E-state index in [2.05, 4.69) is 15.8 Å². The Labute approximate surface area is 98.2 Å². The number of aromatic nitrogens is 1. The van der Waals surface area contributed by atoms with Crippen LogP contribution >= 0.6 is 0 Å². The molecule has 0 radical (unpaired) electrons. The molecule has 1 unspecified atom stereocenters. The van der Waals surface area contributed by atoms with Gasteiger partial charge in [-0.25, -0.2) is 4.79 Å². The van der Waals surface area contributed by atoms with Gasteiger partial charge in [0.05, 0.1) is 12.7 Å². The molecule has 1 aromatic rings. The first-order valence-corrected chi connectivity index (χ1v) is 5.23. The fraction of sp³-hybridized carbons (Fsp3) is 0.500. The number of carbonyl (C=O) groups excluding carboxylic acids is 1. The molecular weight excluding hydrogens is 226 g/mol. The lowest BCUT2D eigenvalue weighted by atomic mass is 10.2. The summed E-state index contributed by atoms with van der Waals surface area (Å²) in [5.74, 6) is -0.320. The van der Waals surface area contributed by atoms with E-state index in [9.17, 15) is 9.59 Å². The molecular formula is C10H15N3O4. The van der Waals surface area contributed by atoms with Crippen LogP contribution < -0.4 is 10.6 Å². The van der Waals surface area contributed by atoms with Gasteiger partial charge < -0.3 is 20.3 Å². The van der Waals surface area contributed by atoms with Gasteiger partial charge in [0.25, 0.3) is 0 Å². The maximum atomic E-state index is 11.4. The molecule has 1 heterocycles. The number of aliphatic carboxylic acids is 1. The van der Waals surface area contributed by atoms with Gasteiger partial charge in [-0.15, -0.1) is 0 Å². The van der Waals surface area contributed by atoms with Crippen molar-refractivity contribution in [2.45, 2.75) is 32.4 Å². The molecule has 0 spiro atoms. The van der Waals surface area contributed by atoms with Crippen LogP contribution in [0.3, 0.4) is 0 Å². The Morgan fingerprint density at radius 1 is 1.59 bits per heavy atom. The minimum atomic E-state index is -0.874. The molecule has 0 fully saturated rings. The van der Waals surface area contributed by atoms with Crippen LogP contribution in [0.2, 0.25) is 0 Å². The number of nitrogens with zero attached hydrogens (tertiary/aromatic N) is 1. The Hall–Kier alpha value is -2.05. The maximum absolute atomic E-state index is 11.4. The van der Waals surface area contributed by atoms with E-state index in [1.807, 2.05) is 0 Å². The van der Waals surface area contributed by atoms with Crippen LogP contribution in [0.1, 0.15) is 25.5 Å². The van der Waals surface area contributed by atoms with Crippen LogP contribution in [-0.4, -0.2) is 28.3 Å². The van der Waals surface area contributed by atoms with Gasteiger partial charge in [-0.1, -0.05) is 5.16 Å². The minimum absolute atomic E-state index is 0.0313. The summed E-state index contributed by atoms with van der Waals surface area (Å²) in [6.45, 7) is 1.99. The highest BCUT2D eigenvalue weighted by Crippen LogP contribution is 1.97. The average Bonchev–Trinajstić information content (AvgIpc) is 2.76. The quantitative estimate of drug-likeness (QED) is 0.681. The Morgan fingerprint density at radius 2 is 2.35 bits per heavy atom. The standard InChI is InChI=1S/C10H15N3O4/c1-7(2-3-9(14)15)13-10(16)11-6-8-4-5-12-17-8/h4-5,7H,2-3,6H2,1H3,(H,14,15)(H2,11,13,16). The van der Waals surface area contributed by atoms with Crippen LogP contribution in [0, 0.1) is 0 Å². The van der Waals surface area contributed by atoms with Crippen LogP contribution in [0.5, 0.6) is 0 Å². The minimum Gasteiger partial charge on any atom is -0.481 e. The smallest absolute Gasteiger partial charge is 0.315 e. The van der Waals surface area contributed by atoms with Gasteiger partial charge >= 0.3 is 12.0 Å². The molecule has 1 rings (SSSR count). The average molecular weight is 241 g/mol. The lowest BCUT2D eigenvalue weighted by Gasteiger charge is -2.12. The molecule has 1 aromatic heterocycles. The highest BCUT2D eigenvalue weighted by Gasteiger charge is 2.09. The van der Waals surface area contributed by atoms with Gasteiger partial charge in [-0.3, -0.25) is 4.79 Å². The number of nitrogens with one attached hydrogen (secondary N) is 2. The van der Waals surface area contributed by atoms with E-state index in [1.165, 1.54) is 6.20 Å². The first kappa shape index (κ1) is 13.0. The summed E-state index contributed by atoms with van der Waals surface area (Å²) >= 11 is 0. The molecule has 0 aliphatic rings. The van der Waals surface area contributed by atoms with Gasteiger partial charge in [0.2, 0.25) is 0 Å². The van der Waals surface area contributed by atoms with Crippen molar-refractivity contribution in [1.82, 2.24) is 15.8 Å². The highest BCUT2D eigenvalue weighted by atomic mass is 16.5. The van der Waals surface area contributed by atoms with Crippen molar-refractivity contribution < 1.29 is 19.2 Å². The largest absolute Gasteiger partial charge is 0.481 e. The first-order chi connectivity index (χ1) is 8.08. The summed E-state index contributed by atoms with van der Waals surface area (Å²) in [5.41, 5.74) is 0. The van der Waals surface area contributed by atoms with Crippen LogP contribution in [-0.2, 0) is 11.3 Å². The lowest BCUT2D eigenvalue weighted by Crippen LogP contribution is -2.40. The number of amides is 2. The van der Waals surface area contributed by atoms with Gasteiger partial charge in [0.1, 0.15) is 0 Å². The van der Waals surface area contributed by atoms with Crippen molar-refractivity contribution in [2.24, 2.45) is 0 Å². The highest BCUT2D eigenvalue weighted by molar-refractivity contribution is 5.74. The first-order valence-electron chi connectivity index (χ1n) is 5.23. The molecule has 0 bridgehead atoms. The van der Waals surface area contributed by atoms with Crippen molar-refractivity contribution in [1.29, 1.82) is 0 Å². The fourth-order valence-corrected chi connectivity index (χ4v) is 1.19. The molecule has 0 aliphatic heterocycles. The number of urea groups is 1. The number of carboxylic acid groups (broad SMARTS) is 1. The third-order valence-corrected chi connectivity index (χ3v) is 2.08. The second-order valence-corrected chi connectivity index (χ2v) is 3.64. The predicted octanol–water partition coefficient (Wildman–Crippen LogP) is 0.727. The molecule has 7 nitrogen and oxygen atoms in total. The van der Waals surface area contributed by atoms with Gasteiger partial charge in [-0.2, -0.15) is 0 Å². The molecule has 3 N–H and O–H groups in total. The molecule has 17 heavy (non-hydrogen) atoms. The summed E-state index contributed by atoms with van der Waals surface area (Å²) < 4.78 is 4.80. The zero-order chi connectivity index (χ0) is 12.7. The second kappa shape index (κ2) is 6.51. The molecule has 2 amide bonds. The second-order valence-electron chi connectivity index (χ2n) is 3.64. The maximum Gasteiger partial charge on any atom is 0.315 e. The normalized spacial score (nSPS) is 11.8. The molecule has 0 aliphatic carbocycles. The molecule has 0 aromatic carbocycles. The van der Waals surface area contributed by atoms with Crippen LogP contribution in [0.4, 0.5) is 4.79 Å².